The van der Waals surface area contributed by atoms with Crippen LogP contribution in [0.4, 0.5) is 13.2 Å². The molecule has 3 aromatic rings. The lowest BCUT2D eigenvalue weighted by Crippen LogP contribution is -2.36. The van der Waals surface area contributed by atoms with Crippen molar-refractivity contribution in [2.75, 3.05) is 0 Å². The molecular formula is C21H21F3N2O4S2. The van der Waals surface area contributed by atoms with E-state index in [0.717, 1.165) is 37.6 Å². The Labute approximate surface area is 184 Å². The van der Waals surface area contributed by atoms with E-state index in [1.54, 1.807) is 6.07 Å². The number of hydrogen-bond acceptors (Lipinski definition) is 4. The van der Waals surface area contributed by atoms with Gasteiger partial charge in [0.2, 0.25) is 10.0 Å². The number of aromatic nitrogens is 1. The van der Waals surface area contributed by atoms with E-state index in [-0.39, 0.29) is 10.4 Å². The van der Waals surface area contributed by atoms with Crippen LogP contribution in [0.25, 0.3) is 10.9 Å². The first-order valence-electron chi connectivity index (χ1n) is 10.1. The van der Waals surface area contributed by atoms with Crippen molar-refractivity contribution in [3.63, 3.8) is 0 Å². The molecule has 1 aliphatic carbocycles. The fourth-order valence-corrected chi connectivity index (χ4v) is 7.05. The van der Waals surface area contributed by atoms with E-state index in [2.05, 4.69) is 4.72 Å². The maximum atomic E-state index is 13.8. The smallest absolute Gasteiger partial charge is 0.240 e. The summed E-state index contributed by atoms with van der Waals surface area (Å²) in [5.74, 6) is 0. The Morgan fingerprint density at radius 2 is 1.53 bits per heavy atom. The van der Waals surface area contributed by atoms with E-state index in [9.17, 15) is 30.0 Å². The van der Waals surface area contributed by atoms with Crippen LogP contribution < -0.4 is 4.72 Å². The van der Waals surface area contributed by atoms with Crippen molar-refractivity contribution >= 4 is 30.9 Å². The van der Waals surface area contributed by atoms with Crippen molar-refractivity contribution in [2.24, 2.45) is 0 Å². The predicted octanol–water partition coefficient (Wildman–Crippen LogP) is 4.51. The molecule has 0 spiro atoms. The molecule has 0 bridgehead atoms. The summed E-state index contributed by atoms with van der Waals surface area (Å²) in [6, 6.07) is 9.71. The maximum absolute atomic E-state index is 13.8. The first kappa shape index (κ1) is 22.8. The molecule has 1 fully saturated rings. The number of hydrogen-bond donors (Lipinski definition) is 1. The minimum absolute atomic E-state index is 0.168. The molecule has 2 aromatic carbocycles. The molecule has 172 valence electrons. The van der Waals surface area contributed by atoms with Crippen LogP contribution in [-0.2, 0) is 26.2 Å². The van der Waals surface area contributed by atoms with Gasteiger partial charge in [0.15, 0.2) is 0 Å². The van der Waals surface area contributed by atoms with Gasteiger partial charge in [-0.05, 0) is 37.1 Å². The Morgan fingerprint density at radius 1 is 0.875 bits per heavy atom. The molecule has 1 N–H and O–H groups in total. The lowest BCUT2D eigenvalue weighted by molar-refractivity contribution is -0.136. The average Bonchev–Trinajstić information content (AvgIpc) is 3.15. The van der Waals surface area contributed by atoms with Gasteiger partial charge in [-0.15, -0.1) is 0 Å². The van der Waals surface area contributed by atoms with Crippen molar-refractivity contribution in [1.29, 1.82) is 0 Å². The largest absolute Gasteiger partial charge is 0.417 e. The van der Waals surface area contributed by atoms with E-state index >= 15 is 0 Å². The second kappa shape index (κ2) is 8.20. The molecule has 6 nitrogen and oxygen atoms in total. The molecule has 4 rings (SSSR count). The second-order valence-electron chi connectivity index (χ2n) is 7.76. The monoisotopic (exact) mass is 486 g/mol. The Balaban J connectivity index is 1.97. The highest BCUT2D eigenvalue weighted by Crippen LogP contribution is 2.40. The highest BCUT2D eigenvalue weighted by atomic mass is 32.2. The highest BCUT2D eigenvalue weighted by Gasteiger charge is 2.38. The van der Waals surface area contributed by atoms with E-state index in [0.29, 0.717) is 16.8 Å². The number of alkyl halides is 3. The van der Waals surface area contributed by atoms with E-state index in [4.69, 9.17) is 0 Å². The molecule has 32 heavy (non-hydrogen) atoms. The number of nitrogens with one attached hydrogen (secondary N) is 1. The van der Waals surface area contributed by atoms with E-state index in [1.807, 2.05) is 0 Å². The lowest BCUT2D eigenvalue weighted by atomic mass is 9.96. The van der Waals surface area contributed by atoms with E-state index < -0.39 is 48.1 Å². The first-order valence-corrected chi connectivity index (χ1v) is 13.0. The van der Waals surface area contributed by atoms with Crippen molar-refractivity contribution in [1.82, 2.24) is 8.69 Å². The Morgan fingerprint density at radius 3 is 2.16 bits per heavy atom. The molecule has 0 atom stereocenters. The molecule has 0 amide bonds. The van der Waals surface area contributed by atoms with Gasteiger partial charge in [-0.3, -0.25) is 0 Å². The molecular weight excluding hydrogens is 465 g/mol. The summed E-state index contributed by atoms with van der Waals surface area (Å²) in [4.78, 5) is -0.871. The average molecular weight is 487 g/mol. The third-order valence-corrected chi connectivity index (χ3v) is 8.80. The second-order valence-corrected chi connectivity index (χ2v) is 11.3. The fourth-order valence-electron chi connectivity index (χ4n) is 4.07. The summed E-state index contributed by atoms with van der Waals surface area (Å²) in [5, 5.41) is -0.664. The summed E-state index contributed by atoms with van der Waals surface area (Å²) in [7, 11) is -8.77. The van der Waals surface area contributed by atoms with Crippen molar-refractivity contribution in [3.05, 3.63) is 60.3 Å². The lowest BCUT2D eigenvalue weighted by Gasteiger charge is -2.22. The van der Waals surface area contributed by atoms with Crippen LogP contribution in [0.3, 0.4) is 0 Å². The topological polar surface area (TPSA) is 85.2 Å². The van der Waals surface area contributed by atoms with Crippen LogP contribution in [-0.4, -0.2) is 26.8 Å². The maximum Gasteiger partial charge on any atom is 0.417 e. The Hall–Kier alpha value is -2.37. The van der Waals surface area contributed by atoms with Crippen molar-refractivity contribution in [2.45, 2.75) is 54.1 Å². The zero-order valence-corrected chi connectivity index (χ0v) is 18.5. The van der Waals surface area contributed by atoms with Crippen LogP contribution in [0.1, 0.15) is 37.7 Å². The van der Waals surface area contributed by atoms with Crippen LogP contribution in [0.2, 0.25) is 0 Å². The van der Waals surface area contributed by atoms with Crippen LogP contribution >= 0.6 is 0 Å². The zero-order chi connectivity index (χ0) is 23.1. The van der Waals surface area contributed by atoms with Gasteiger partial charge in [0.1, 0.15) is 4.90 Å². The van der Waals surface area contributed by atoms with Crippen LogP contribution in [0.5, 0.6) is 0 Å². The number of fused-ring (bicyclic) bond motifs is 1. The summed E-state index contributed by atoms with van der Waals surface area (Å²) in [6.07, 6.45) is -0.370. The summed E-state index contributed by atoms with van der Waals surface area (Å²) >= 11 is 0. The van der Waals surface area contributed by atoms with Gasteiger partial charge in [-0.25, -0.2) is 25.5 Å². The summed E-state index contributed by atoms with van der Waals surface area (Å²) in [5.41, 5.74) is -1.56. The number of rotatable bonds is 5. The molecule has 1 aliphatic rings. The van der Waals surface area contributed by atoms with Gasteiger partial charge in [-0.1, -0.05) is 43.5 Å². The van der Waals surface area contributed by atoms with Crippen LogP contribution in [0.15, 0.2) is 64.5 Å². The summed E-state index contributed by atoms with van der Waals surface area (Å²) < 4.78 is 97.3. The standard InChI is InChI=1S/C21H21F3N2O4S2/c22-21(23,24)17-12-7-13-18-20(17)19(31(27,28)25-15-8-3-1-4-9-15)14-26(18)32(29,30)16-10-5-2-6-11-16/h2,5-7,10-15,25H,1,3-4,8-9H2. The molecule has 0 saturated heterocycles. The van der Waals surface area contributed by atoms with E-state index in [1.165, 1.54) is 30.3 Å². The first-order chi connectivity index (χ1) is 15.0. The molecule has 1 aromatic heterocycles. The van der Waals surface area contributed by atoms with Crippen molar-refractivity contribution < 1.29 is 30.0 Å². The molecule has 0 unspecified atom stereocenters. The predicted molar refractivity (Wildman–Crippen MR) is 113 cm³/mol. The minimum atomic E-state index is -4.88. The van der Waals surface area contributed by atoms with Crippen LogP contribution in [0, 0.1) is 0 Å². The van der Waals surface area contributed by atoms with Gasteiger partial charge in [0.25, 0.3) is 10.0 Å². The SMILES string of the molecule is O=S(=O)(NC1CCCCC1)c1cn(S(=O)(=O)c2ccccc2)c2cccc(C(F)(F)F)c12. The number of sulfonamides is 1. The molecule has 0 radical (unpaired) electrons. The van der Waals surface area contributed by atoms with Gasteiger partial charge < -0.3 is 0 Å². The van der Waals surface area contributed by atoms with Gasteiger partial charge in [0, 0.05) is 17.6 Å². The third-order valence-electron chi connectivity index (χ3n) is 5.58. The minimum Gasteiger partial charge on any atom is -0.240 e. The molecule has 0 aliphatic heterocycles. The normalized spacial score (nSPS) is 16.5. The highest BCUT2D eigenvalue weighted by molar-refractivity contribution is 7.91. The quantitative estimate of drug-likeness (QED) is 0.575. The van der Waals surface area contributed by atoms with Gasteiger partial charge in [-0.2, -0.15) is 13.2 Å². The number of halogens is 3. The molecule has 1 heterocycles. The van der Waals surface area contributed by atoms with Gasteiger partial charge >= 0.3 is 6.18 Å². The van der Waals surface area contributed by atoms with Gasteiger partial charge in [0.05, 0.1) is 16.0 Å². The fraction of sp³-hybridized carbons (Fsp3) is 0.333. The number of benzene rings is 2. The van der Waals surface area contributed by atoms with Crippen molar-refractivity contribution in [3.8, 4) is 0 Å². The number of nitrogens with zero attached hydrogens (tertiary/aromatic N) is 1. The summed E-state index contributed by atoms with van der Waals surface area (Å²) in [6.45, 7) is 0. The Bertz CT molecular complexity index is 1340. The zero-order valence-electron chi connectivity index (χ0n) is 16.8. The third kappa shape index (κ3) is 4.16. The molecule has 11 heteroatoms. The molecule has 1 saturated carbocycles. The Kier molecular flexibility index (Phi) is 5.84.